The average molecular weight is 183 g/mol. The van der Waals surface area contributed by atoms with E-state index in [2.05, 4.69) is 5.32 Å². The molecule has 2 heteroatoms. The molecule has 0 aromatic heterocycles. The van der Waals surface area contributed by atoms with Gasteiger partial charge in [0.1, 0.15) is 0 Å². The van der Waals surface area contributed by atoms with Gasteiger partial charge in [-0.2, -0.15) is 0 Å². The van der Waals surface area contributed by atoms with Gasteiger partial charge in [0.2, 0.25) is 0 Å². The van der Waals surface area contributed by atoms with E-state index < -0.39 is 0 Å². The van der Waals surface area contributed by atoms with E-state index >= 15 is 0 Å². The first-order chi connectivity index (χ1) is 6.36. The molecule has 2 fully saturated rings. The molecule has 1 saturated heterocycles. The van der Waals surface area contributed by atoms with Crippen LogP contribution in [-0.4, -0.2) is 23.8 Å². The predicted molar refractivity (Wildman–Crippen MR) is 53.6 cm³/mol. The van der Waals surface area contributed by atoms with Crippen LogP contribution in [0, 0.1) is 5.92 Å². The van der Waals surface area contributed by atoms with Crippen molar-refractivity contribution >= 4 is 0 Å². The number of rotatable bonds is 3. The van der Waals surface area contributed by atoms with E-state index in [9.17, 15) is 5.11 Å². The van der Waals surface area contributed by atoms with Crippen molar-refractivity contribution in [3.63, 3.8) is 0 Å². The van der Waals surface area contributed by atoms with Crippen molar-refractivity contribution in [3.05, 3.63) is 0 Å². The van der Waals surface area contributed by atoms with Gasteiger partial charge in [-0.1, -0.05) is 19.3 Å². The summed E-state index contributed by atoms with van der Waals surface area (Å²) in [5.74, 6) is 0.608. The first-order valence-electron chi connectivity index (χ1n) is 5.78. The lowest BCUT2D eigenvalue weighted by atomic mass is 9.82. The lowest BCUT2D eigenvalue weighted by Gasteiger charge is -2.33. The van der Waals surface area contributed by atoms with E-state index in [0.29, 0.717) is 12.0 Å². The second-order valence-corrected chi connectivity index (χ2v) is 4.64. The minimum Gasteiger partial charge on any atom is -0.393 e. The number of hydrogen-bond acceptors (Lipinski definition) is 2. The Kier molecular flexibility index (Phi) is 3.23. The average Bonchev–Trinajstić information content (AvgIpc) is 2.12. The number of aliphatic hydroxyl groups excluding tert-OH is 1. The molecule has 2 unspecified atom stereocenters. The van der Waals surface area contributed by atoms with Crippen molar-refractivity contribution < 1.29 is 5.11 Å². The van der Waals surface area contributed by atoms with Gasteiger partial charge in [-0.25, -0.2) is 0 Å². The predicted octanol–water partition coefficient (Wildman–Crippen LogP) is 1.68. The lowest BCUT2D eigenvalue weighted by molar-refractivity contribution is 0.0597. The number of nitrogens with one attached hydrogen (secondary N) is 1. The monoisotopic (exact) mass is 183 g/mol. The highest BCUT2D eigenvalue weighted by Gasteiger charge is 2.26. The van der Waals surface area contributed by atoms with E-state index in [1.165, 1.54) is 38.5 Å². The van der Waals surface area contributed by atoms with Gasteiger partial charge in [0.15, 0.2) is 0 Å². The lowest BCUT2D eigenvalue weighted by Crippen LogP contribution is -2.45. The molecule has 1 saturated carbocycles. The molecule has 1 heterocycles. The molecule has 0 bridgehead atoms. The Labute approximate surface area is 80.7 Å². The Morgan fingerprint density at radius 1 is 1.15 bits per heavy atom. The molecule has 0 spiro atoms. The van der Waals surface area contributed by atoms with Gasteiger partial charge >= 0.3 is 0 Å². The van der Waals surface area contributed by atoms with Crippen LogP contribution in [0.1, 0.15) is 44.9 Å². The molecule has 2 aliphatic rings. The van der Waals surface area contributed by atoms with Crippen molar-refractivity contribution in [1.82, 2.24) is 5.32 Å². The van der Waals surface area contributed by atoms with Gasteiger partial charge < -0.3 is 10.4 Å². The second kappa shape index (κ2) is 4.43. The molecule has 0 aromatic carbocycles. The molecule has 0 aromatic rings. The summed E-state index contributed by atoms with van der Waals surface area (Å²) >= 11 is 0. The number of hydrogen-bond donors (Lipinski definition) is 2. The van der Waals surface area contributed by atoms with Crippen LogP contribution in [0.2, 0.25) is 0 Å². The molecule has 1 aliphatic carbocycles. The Morgan fingerprint density at radius 2 is 1.85 bits per heavy atom. The van der Waals surface area contributed by atoms with E-state index in [1.807, 2.05) is 0 Å². The zero-order valence-electron chi connectivity index (χ0n) is 8.34. The van der Waals surface area contributed by atoms with Crippen LogP contribution in [0.5, 0.6) is 0 Å². The highest BCUT2D eigenvalue weighted by Crippen LogP contribution is 2.29. The van der Waals surface area contributed by atoms with E-state index in [-0.39, 0.29) is 6.10 Å². The van der Waals surface area contributed by atoms with Crippen molar-refractivity contribution in [2.75, 3.05) is 6.54 Å². The summed E-state index contributed by atoms with van der Waals surface area (Å²) in [5, 5.41) is 13.3. The van der Waals surface area contributed by atoms with Crippen molar-refractivity contribution in [1.29, 1.82) is 0 Å². The summed E-state index contributed by atoms with van der Waals surface area (Å²) in [6, 6.07) is 0.622. The molecule has 0 amide bonds. The van der Waals surface area contributed by atoms with Gasteiger partial charge in [0, 0.05) is 6.04 Å². The fourth-order valence-electron chi connectivity index (χ4n) is 2.55. The van der Waals surface area contributed by atoms with E-state index in [1.54, 1.807) is 0 Å². The second-order valence-electron chi connectivity index (χ2n) is 4.64. The molecular formula is C11H21NO. The maximum Gasteiger partial charge on any atom is 0.0583 e. The third kappa shape index (κ3) is 2.44. The first kappa shape index (κ1) is 9.47. The first-order valence-corrected chi connectivity index (χ1v) is 5.78. The summed E-state index contributed by atoms with van der Waals surface area (Å²) in [6.07, 6.45) is 8.79. The SMILES string of the molecule is OC(CC1CCN1)C1CCCCC1. The van der Waals surface area contributed by atoms with Gasteiger partial charge in [-0.05, 0) is 38.1 Å². The largest absolute Gasteiger partial charge is 0.393 e. The number of aliphatic hydroxyl groups is 1. The summed E-state index contributed by atoms with van der Waals surface area (Å²) < 4.78 is 0. The Morgan fingerprint density at radius 3 is 2.38 bits per heavy atom. The minimum absolute atomic E-state index is 0.0295. The maximum absolute atomic E-state index is 9.97. The summed E-state index contributed by atoms with van der Waals surface area (Å²) in [5.41, 5.74) is 0. The molecule has 2 N–H and O–H groups in total. The van der Waals surface area contributed by atoms with Gasteiger partial charge in [0.05, 0.1) is 6.10 Å². The zero-order chi connectivity index (χ0) is 9.10. The fourth-order valence-corrected chi connectivity index (χ4v) is 2.55. The molecule has 2 nitrogen and oxygen atoms in total. The molecule has 1 aliphatic heterocycles. The molecule has 13 heavy (non-hydrogen) atoms. The molecule has 0 radical (unpaired) electrons. The van der Waals surface area contributed by atoms with Crippen LogP contribution in [0.4, 0.5) is 0 Å². The van der Waals surface area contributed by atoms with Crippen molar-refractivity contribution in [3.8, 4) is 0 Å². The Hall–Kier alpha value is -0.0800. The summed E-state index contributed by atoms with van der Waals surface area (Å²) in [4.78, 5) is 0. The molecule has 76 valence electrons. The fraction of sp³-hybridized carbons (Fsp3) is 1.00. The minimum atomic E-state index is -0.0295. The summed E-state index contributed by atoms with van der Waals surface area (Å²) in [6.45, 7) is 1.15. The quantitative estimate of drug-likeness (QED) is 0.697. The van der Waals surface area contributed by atoms with Crippen molar-refractivity contribution in [2.24, 2.45) is 5.92 Å². The Balaban J connectivity index is 1.70. The molecule has 2 rings (SSSR count). The van der Waals surface area contributed by atoms with E-state index in [0.717, 1.165) is 13.0 Å². The van der Waals surface area contributed by atoms with Crippen LogP contribution >= 0.6 is 0 Å². The third-order valence-corrected chi connectivity index (χ3v) is 3.65. The summed E-state index contributed by atoms with van der Waals surface area (Å²) in [7, 11) is 0. The normalized spacial score (nSPS) is 32.5. The topological polar surface area (TPSA) is 32.3 Å². The highest BCUT2D eigenvalue weighted by molar-refractivity contribution is 4.83. The standard InChI is InChI=1S/C11H21NO/c13-11(8-10-6-7-12-10)9-4-2-1-3-5-9/h9-13H,1-8H2. The van der Waals surface area contributed by atoms with Crippen LogP contribution < -0.4 is 5.32 Å². The zero-order valence-corrected chi connectivity index (χ0v) is 8.34. The van der Waals surface area contributed by atoms with E-state index in [4.69, 9.17) is 0 Å². The van der Waals surface area contributed by atoms with Gasteiger partial charge in [0.25, 0.3) is 0 Å². The smallest absolute Gasteiger partial charge is 0.0583 e. The molecule has 2 atom stereocenters. The molecular weight excluding hydrogens is 162 g/mol. The Bertz CT molecular complexity index is 150. The van der Waals surface area contributed by atoms with Gasteiger partial charge in [-0.3, -0.25) is 0 Å². The van der Waals surface area contributed by atoms with Crippen LogP contribution in [0.15, 0.2) is 0 Å². The van der Waals surface area contributed by atoms with Crippen LogP contribution in [-0.2, 0) is 0 Å². The van der Waals surface area contributed by atoms with Crippen LogP contribution in [0.3, 0.4) is 0 Å². The van der Waals surface area contributed by atoms with Crippen LogP contribution in [0.25, 0.3) is 0 Å². The third-order valence-electron chi connectivity index (χ3n) is 3.65. The highest BCUT2D eigenvalue weighted by atomic mass is 16.3. The van der Waals surface area contributed by atoms with Gasteiger partial charge in [-0.15, -0.1) is 0 Å². The van der Waals surface area contributed by atoms with Crippen molar-refractivity contribution in [2.45, 2.75) is 57.1 Å². The maximum atomic E-state index is 9.97.